The van der Waals surface area contributed by atoms with Crippen LogP contribution in [-0.2, 0) is 16.2 Å². The standard InChI is InChI=1S/C30H28F3N3O4S/c1-21-27(20-28(22-11-13-25(40-2)14-12-22)36(21)24-8-4-3-5-9-24)29(37)34-15-17-35(18-16-34)41(38,39)26-10-6-7-23(19-26)30(31,32)33/h3-14,19-20H,15-18H2,1-2H3. The molecule has 5 rings (SSSR count). The van der Waals surface area contributed by atoms with Crippen molar-refractivity contribution < 1.29 is 31.1 Å². The number of amides is 1. The minimum absolute atomic E-state index is 0.0336. The van der Waals surface area contributed by atoms with E-state index in [9.17, 15) is 26.4 Å². The molecule has 3 aromatic carbocycles. The van der Waals surface area contributed by atoms with Gasteiger partial charge in [0.15, 0.2) is 0 Å². The molecular weight excluding hydrogens is 555 g/mol. The average Bonchev–Trinajstić information content (AvgIpc) is 3.33. The average molecular weight is 584 g/mol. The second kappa shape index (κ2) is 11.1. The number of alkyl halides is 3. The Morgan fingerprint density at radius 2 is 1.51 bits per heavy atom. The molecule has 1 aliphatic heterocycles. The molecule has 0 bridgehead atoms. The largest absolute Gasteiger partial charge is 0.497 e. The number of para-hydroxylation sites is 1. The maximum Gasteiger partial charge on any atom is 0.416 e. The number of hydrogen-bond acceptors (Lipinski definition) is 4. The second-order valence-electron chi connectivity index (χ2n) is 9.65. The van der Waals surface area contributed by atoms with Gasteiger partial charge in [-0.15, -0.1) is 0 Å². The van der Waals surface area contributed by atoms with Crippen LogP contribution < -0.4 is 4.74 Å². The molecule has 0 unspecified atom stereocenters. The smallest absolute Gasteiger partial charge is 0.416 e. The second-order valence-corrected chi connectivity index (χ2v) is 11.6. The van der Waals surface area contributed by atoms with E-state index in [0.29, 0.717) is 17.4 Å². The van der Waals surface area contributed by atoms with Crippen LogP contribution in [-0.4, -0.2) is 61.4 Å². The quantitative estimate of drug-likeness (QED) is 0.295. The Balaban J connectivity index is 1.40. The van der Waals surface area contributed by atoms with Gasteiger partial charge >= 0.3 is 6.18 Å². The Hall–Kier alpha value is -4.09. The van der Waals surface area contributed by atoms with Crippen molar-refractivity contribution in [2.75, 3.05) is 33.3 Å². The number of nitrogens with zero attached hydrogens (tertiary/aromatic N) is 3. The lowest BCUT2D eigenvalue weighted by Gasteiger charge is -2.34. The van der Waals surface area contributed by atoms with E-state index in [4.69, 9.17) is 4.74 Å². The van der Waals surface area contributed by atoms with Crippen LogP contribution >= 0.6 is 0 Å². The maximum atomic E-state index is 13.7. The molecular formula is C30H28F3N3O4S. The predicted molar refractivity (Wildman–Crippen MR) is 149 cm³/mol. The number of hydrogen-bond donors (Lipinski definition) is 0. The van der Waals surface area contributed by atoms with E-state index < -0.39 is 26.7 Å². The zero-order chi connectivity index (χ0) is 29.4. The molecule has 1 aliphatic rings. The topological polar surface area (TPSA) is 71.8 Å². The van der Waals surface area contributed by atoms with Gasteiger partial charge in [-0.05, 0) is 73.2 Å². The van der Waals surface area contributed by atoms with Gasteiger partial charge in [0.05, 0.1) is 28.8 Å². The first-order valence-corrected chi connectivity index (χ1v) is 14.3. The fraction of sp³-hybridized carbons (Fsp3) is 0.233. The highest BCUT2D eigenvalue weighted by Gasteiger charge is 2.35. The molecule has 1 saturated heterocycles. The van der Waals surface area contributed by atoms with Crippen LogP contribution in [0, 0.1) is 6.92 Å². The van der Waals surface area contributed by atoms with Crippen molar-refractivity contribution in [1.29, 1.82) is 0 Å². The summed E-state index contributed by atoms with van der Waals surface area (Å²) < 4.78 is 74.1. The molecule has 0 N–H and O–H groups in total. The number of sulfonamides is 1. The normalized spacial score (nSPS) is 14.7. The summed E-state index contributed by atoms with van der Waals surface area (Å²) in [6.07, 6.45) is -4.66. The van der Waals surface area contributed by atoms with Crippen molar-refractivity contribution >= 4 is 15.9 Å². The molecule has 1 aromatic heterocycles. The monoisotopic (exact) mass is 583 g/mol. The number of rotatable bonds is 6. The van der Waals surface area contributed by atoms with Crippen LogP contribution in [0.4, 0.5) is 13.2 Å². The summed E-state index contributed by atoms with van der Waals surface area (Å²) in [5.41, 5.74) is 2.75. The van der Waals surface area contributed by atoms with Gasteiger partial charge in [-0.1, -0.05) is 24.3 Å². The molecule has 1 fully saturated rings. The number of halogens is 3. The minimum Gasteiger partial charge on any atom is -0.497 e. The van der Waals surface area contributed by atoms with E-state index in [0.717, 1.165) is 45.1 Å². The molecule has 214 valence electrons. The maximum absolute atomic E-state index is 13.7. The Kier molecular flexibility index (Phi) is 7.67. The molecule has 7 nitrogen and oxygen atoms in total. The third-order valence-electron chi connectivity index (χ3n) is 7.20. The number of carbonyl (C=O) groups is 1. The SMILES string of the molecule is COc1ccc(-c2cc(C(=O)N3CCN(S(=O)(=O)c4cccc(C(F)(F)F)c4)CC3)c(C)n2-c2ccccc2)cc1. The number of methoxy groups -OCH3 is 1. The molecule has 4 aromatic rings. The van der Waals surface area contributed by atoms with Crippen LogP contribution in [0.3, 0.4) is 0 Å². The Morgan fingerprint density at radius 1 is 0.854 bits per heavy atom. The first-order chi connectivity index (χ1) is 19.5. The number of piperazine rings is 1. The third kappa shape index (κ3) is 5.59. The van der Waals surface area contributed by atoms with Gasteiger partial charge in [-0.25, -0.2) is 8.42 Å². The summed E-state index contributed by atoms with van der Waals surface area (Å²) in [6, 6.07) is 22.7. The first kappa shape index (κ1) is 28.4. The van der Waals surface area contributed by atoms with Gasteiger partial charge in [-0.3, -0.25) is 4.79 Å². The lowest BCUT2D eigenvalue weighted by Crippen LogP contribution is -2.50. The Bertz CT molecular complexity index is 1660. The van der Waals surface area contributed by atoms with E-state index >= 15 is 0 Å². The van der Waals surface area contributed by atoms with Crippen molar-refractivity contribution in [1.82, 2.24) is 13.8 Å². The molecule has 0 radical (unpaired) electrons. The van der Waals surface area contributed by atoms with Gasteiger partial charge in [0.2, 0.25) is 10.0 Å². The zero-order valence-electron chi connectivity index (χ0n) is 22.4. The fourth-order valence-corrected chi connectivity index (χ4v) is 6.46. The molecule has 0 atom stereocenters. The summed E-state index contributed by atoms with van der Waals surface area (Å²) in [4.78, 5) is 14.9. The van der Waals surface area contributed by atoms with Crippen molar-refractivity contribution in [3.8, 4) is 22.7 Å². The number of aromatic nitrogens is 1. The summed E-state index contributed by atoms with van der Waals surface area (Å²) in [6.45, 7) is 2.00. The van der Waals surface area contributed by atoms with Crippen LogP contribution in [0.25, 0.3) is 16.9 Å². The van der Waals surface area contributed by atoms with Gasteiger partial charge in [0.25, 0.3) is 5.91 Å². The molecule has 1 amide bonds. The highest BCUT2D eigenvalue weighted by Crippen LogP contribution is 2.33. The van der Waals surface area contributed by atoms with E-state index in [1.54, 1.807) is 12.0 Å². The molecule has 2 heterocycles. The van der Waals surface area contributed by atoms with Gasteiger partial charge in [0.1, 0.15) is 5.75 Å². The lowest BCUT2D eigenvalue weighted by molar-refractivity contribution is -0.137. The summed E-state index contributed by atoms with van der Waals surface area (Å²) >= 11 is 0. The molecule has 0 saturated carbocycles. The summed E-state index contributed by atoms with van der Waals surface area (Å²) in [7, 11) is -2.58. The lowest BCUT2D eigenvalue weighted by atomic mass is 10.1. The number of carbonyl (C=O) groups excluding carboxylic acids is 1. The number of benzene rings is 3. The van der Waals surface area contributed by atoms with Crippen molar-refractivity contribution in [3.05, 3.63) is 102 Å². The van der Waals surface area contributed by atoms with Crippen molar-refractivity contribution in [3.63, 3.8) is 0 Å². The Morgan fingerprint density at radius 3 is 2.12 bits per heavy atom. The number of ether oxygens (including phenoxy) is 1. The van der Waals surface area contributed by atoms with E-state index in [1.807, 2.05) is 72.2 Å². The van der Waals surface area contributed by atoms with E-state index in [1.165, 1.54) is 0 Å². The van der Waals surface area contributed by atoms with E-state index in [2.05, 4.69) is 0 Å². The Labute approximate surface area is 236 Å². The first-order valence-electron chi connectivity index (χ1n) is 12.9. The molecule has 11 heteroatoms. The predicted octanol–water partition coefficient (Wildman–Crippen LogP) is 5.63. The van der Waals surface area contributed by atoms with Crippen LogP contribution in [0.5, 0.6) is 5.75 Å². The van der Waals surface area contributed by atoms with Gasteiger partial charge in [0, 0.05) is 37.6 Å². The van der Waals surface area contributed by atoms with Crippen molar-refractivity contribution in [2.24, 2.45) is 0 Å². The summed E-state index contributed by atoms with van der Waals surface area (Å²) in [5.74, 6) is 0.459. The van der Waals surface area contributed by atoms with Gasteiger partial charge < -0.3 is 14.2 Å². The van der Waals surface area contributed by atoms with Crippen molar-refractivity contribution in [2.45, 2.75) is 18.0 Å². The minimum atomic E-state index is -4.66. The zero-order valence-corrected chi connectivity index (χ0v) is 23.2. The third-order valence-corrected chi connectivity index (χ3v) is 9.10. The molecule has 41 heavy (non-hydrogen) atoms. The van der Waals surface area contributed by atoms with Crippen LogP contribution in [0.2, 0.25) is 0 Å². The fourth-order valence-electron chi connectivity index (χ4n) is 4.99. The highest BCUT2D eigenvalue weighted by molar-refractivity contribution is 7.89. The van der Waals surface area contributed by atoms with E-state index in [-0.39, 0.29) is 32.1 Å². The van der Waals surface area contributed by atoms with Gasteiger partial charge in [-0.2, -0.15) is 17.5 Å². The molecule has 0 aliphatic carbocycles. The summed E-state index contributed by atoms with van der Waals surface area (Å²) in [5, 5.41) is 0. The molecule has 0 spiro atoms. The van der Waals surface area contributed by atoms with Crippen LogP contribution in [0.1, 0.15) is 21.6 Å². The highest BCUT2D eigenvalue weighted by atomic mass is 32.2. The van der Waals surface area contributed by atoms with Crippen LogP contribution in [0.15, 0.2) is 89.8 Å².